The monoisotopic (exact) mass is 307 g/mol. The second kappa shape index (κ2) is 6.61. The van der Waals surface area contributed by atoms with Gasteiger partial charge in [-0.15, -0.1) is 0 Å². The van der Waals surface area contributed by atoms with Gasteiger partial charge in [0.2, 0.25) is 11.8 Å². The maximum atomic E-state index is 12.5. The fraction of sp³-hybridized carbons (Fsp3) is 0.529. The zero-order valence-corrected chi connectivity index (χ0v) is 13.4. The van der Waals surface area contributed by atoms with Crippen molar-refractivity contribution in [2.24, 2.45) is 5.41 Å². The molecule has 1 aliphatic rings. The Labute approximate surface area is 131 Å². The van der Waals surface area contributed by atoms with Crippen molar-refractivity contribution in [3.8, 4) is 0 Å². The van der Waals surface area contributed by atoms with Gasteiger partial charge in [-0.3, -0.25) is 14.9 Å². The van der Waals surface area contributed by atoms with E-state index in [0.29, 0.717) is 11.4 Å². The van der Waals surface area contributed by atoms with E-state index in [2.05, 4.69) is 19.2 Å². The standard InChI is InChI=1S/C17H22ClNO2/c1-3-9-17(10-4-2)11-14(20)19-16(21)15(17)12-5-7-13(18)8-6-12/h5-8,15H,3-4,9-11H2,1-2H3,(H,19,20,21). The maximum Gasteiger partial charge on any atom is 0.234 e. The highest BCUT2D eigenvalue weighted by Gasteiger charge is 2.47. The van der Waals surface area contributed by atoms with Gasteiger partial charge in [-0.2, -0.15) is 0 Å². The number of hydrogen-bond donors (Lipinski definition) is 1. The first-order chi connectivity index (χ1) is 10.0. The Morgan fingerprint density at radius 3 is 2.24 bits per heavy atom. The molecule has 0 saturated carbocycles. The second-order valence-electron chi connectivity index (χ2n) is 5.94. The van der Waals surface area contributed by atoms with Gasteiger partial charge in [0.05, 0.1) is 5.92 Å². The number of amides is 2. The van der Waals surface area contributed by atoms with Crippen molar-refractivity contribution >= 4 is 23.4 Å². The average Bonchev–Trinajstić information content (AvgIpc) is 2.40. The van der Waals surface area contributed by atoms with E-state index >= 15 is 0 Å². The lowest BCUT2D eigenvalue weighted by Gasteiger charge is -2.43. The van der Waals surface area contributed by atoms with Crippen molar-refractivity contribution < 1.29 is 9.59 Å². The van der Waals surface area contributed by atoms with E-state index < -0.39 is 0 Å². The Kier molecular flexibility index (Phi) is 5.04. The molecule has 0 bridgehead atoms. The summed E-state index contributed by atoms with van der Waals surface area (Å²) in [5, 5.41) is 3.16. The molecule has 1 N–H and O–H groups in total. The first-order valence-electron chi connectivity index (χ1n) is 7.61. The van der Waals surface area contributed by atoms with E-state index in [1.54, 1.807) is 0 Å². The molecule has 1 saturated heterocycles. The largest absolute Gasteiger partial charge is 0.296 e. The smallest absolute Gasteiger partial charge is 0.234 e. The molecule has 0 radical (unpaired) electrons. The normalized spacial score (nSPS) is 21.2. The molecule has 0 aliphatic carbocycles. The molecule has 114 valence electrons. The fourth-order valence-electron chi connectivity index (χ4n) is 3.70. The van der Waals surface area contributed by atoms with Crippen LogP contribution >= 0.6 is 11.6 Å². The molecule has 1 fully saturated rings. The van der Waals surface area contributed by atoms with E-state index in [1.165, 1.54) is 0 Å². The third-order valence-electron chi connectivity index (χ3n) is 4.35. The minimum absolute atomic E-state index is 0.146. The third kappa shape index (κ3) is 3.29. The molecule has 0 aromatic heterocycles. The summed E-state index contributed by atoms with van der Waals surface area (Å²) in [4.78, 5) is 24.4. The predicted molar refractivity (Wildman–Crippen MR) is 84.2 cm³/mol. The minimum atomic E-state index is -0.271. The van der Waals surface area contributed by atoms with E-state index in [-0.39, 0.29) is 23.1 Å². The number of carbonyl (C=O) groups excluding carboxylic acids is 2. The van der Waals surface area contributed by atoms with Crippen molar-refractivity contribution in [2.45, 2.75) is 51.9 Å². The molecule has 21 heavy (non-hydrogen) atoms. The molecule has 1 heterocycles. The summed E-state index contributed by atoms with van der Waals surface area (Å²) in [5.74, 6) is -0.588. The SMILES string of the molecule is CCCC1(CCC)CC(=O)NC(=O)C1c1ccc(Cl)cc1. The van der Waals surface area contributed by atoms with Crippen LogP contribution in [0, 0.1) is 5.41 Å². The van der Waals surface area contributed by atoms with Crippen LogP contribution in [0.1, 0.15) is 57.4 Å². The number of halogens is 1. The van der Waals surface area contributed by atoms with Gasteiger partial charge in [0, 0.05) is 11.4 Å². The highest BCUT2D eigenvalue weighted by molar-refractivity contribution is 6.30. The molecule has 1 aromatic carbocycles. The molecule has 2 amide bonds. The number of carbonyl (C=O) groups is 2. The summed E-state index contributed by atoms with van der Waals surface area (Å²) >= 11 is 5.95. The molecule has 1 unspecified atom stereocenters. The summed E-state index contributed by atoms with van der Waals surface area (Å²) < 4.78 is 0. The van der Waals surface area contributed by atoms with Crippen LogP contribution in [0.3, 0.4) is 0 Å². The van der Waals surface area contributed by atoms with Crippen LogP contribution in [0.25, 0.3) is 0 Å². The van der Waals surface area contributed by atoms with Crippen LogP contribution in [0.2, 0.25) is 5.02 Å². The Bertz CT molecular complexity index is 518. The number of rotatable bonds is 5. The van der Waals surface area contributed by atoms with Gasteiger partial charge in [0.15, 0.2) is 0 Å². The van der Waals surface area contributed by atoms with Gasteiger partial charge in [0.1, 0.15) is 0 Å². The zero-order valence-electron chi connectivity index (χ0n) is 12.6. The quantitative estimate of drug-likeness (QED) is 0.834. The van der Waals surface area contributed by atoms with Crippen LogP contribution in [-0.4, -0.2) is 11.8 Å². The van der Waals surface area contributed by atoms with Gasteiger partial charge in [-0.25, -0.2) is 0 Å². The van der Waals surface area contributed by atoms with Crippen molar-refractivity contribution in [1.29, 1.82) is 0 Å². The van der Waals surface area contributed by atoms with Gasteiger partial charge in [0.25, 0.3) is 0 Å². The first kappa shape index (κ1) is 16.0. The molecular formula is C17H22ClNO2. The number of benzene rings is 1. The van der Waals surface area contributed by atoms with Gasteiger partial charge >= 0.3 is 0 Å². The lowest BCUT2D eigenvalue weighted by molar-refractivity contribution is -0.140. The van der Waals surface area contributed by atoms with Gasteiger partial charge < -0.3 is 0 Å². The first-order valence-corrected chi connectivity index (χ1v) is 7.99. The van der Waals surface area contributed by atoms with E-state index in [9.17, 15) is 9.59 Å². The van der Waals surface area contributed by atoms with Crippen molar-refractivity contribution in [2.75, 3.05) is 0 Å². The fourth-order valence-corrected chi connectivity index (χ4v) is 3.83. The van der Waals surface area contributed by atoms with Crippen LogP contribution in [-0.2, 0) is 9.59 Å². The molecule has 4 heteroatoms. The summed E-state index contributed by atoms with van der Waals surface area (Å²) in [7, 11) is 0. The van der Waals surface area contributed by atoms with Crippen molar-refractivity contribution in [1.82, 2.24) is 5.32 Å². The maximum absolute atomic E-state index is 12.5. The Balaban J connectivity index is 2.46. The summed E-state index contributed by atoms with van der Waals surface area (Å²) in [6.45, 7) is 4.21. The molecule has 0 spiro atoms. The lowest BCUT2D eigenvalue weighted by atomic mass is 9.62. The van der Waals surface area contributed by atoms with Crippen LogP contribution in [0.15, 0.2) is 24.3 Å². The topological polar surface area (TPSA) is 46.2 Å². The van der Waals surface area contributed by atoms with Gasteiger partial charge in [-0.05, 0) is 36.0 Å². The van der Waals surface area contributed by atoms with E-state index in [1.807, 2.05) is 24.3 Å². The van der Waals surface area contributed by atoms with Crippen LogP contribution in [0.5, 0.6) is 0 Å². The Hall–Kier alpha value is -1.35. The van der Waals surface area contributed by atoms with Crippen LogP contribution in [0.4, 0.5) is 0 Å². The second-order valence-corrected chi connectivity index (χ2v) is 6.37. The summed E-state index contributed by atoms with van der Waals surface area (Å²) in [5.41, 5.74) is 0.683. The Morgan fingerprint density at radius 2 is 1.71 bits per heavy atom. The van der Waals surface area contributed by atoms with Gasteiger partial charge in [-0.1, -0.05) is 50.4 Å². The molecule has 1 aromatic rings. The summed E-state index contributed by atoms with van der Waals surface area (Å²) in [6, 6.07) is 7.43. The molecule has 3 nitrogen and oxygen atoms in total. The zero-order chi connectivity index (χ0) is 15.5. The third-order valence-corrected chi connectivity index (χ3v) is 4.60. The van der Waals surface area contributed by atoms with Crippen LogP contribution < -0.4 is 5.32 Å². The van der Waals surface area contributed by atoms with Crippen molar-refractivity contribution in [3.63, 3.8) is 0 Å². The molecule has 2 rings (SSSR count). The molecule has 1 aliphatic heterocycles. The van der Waals surface area contributed by atoms with E-state index in [4.69, 9.17) is 11.6 Å². The van der Waals surface area contributed by atoms with E-state index in [0.717, 1.165) is 31.2 Å². The number of piperidine rings is 1. The highest BCUT2D eigenvalue weighted by atomic mass is 35.5. The molecular weight excluding hydrogens is 286 g/mol. The minimum Gasteiger partial charge on any atom is -0.296 e. The number of hydrogen-bond acceptors (Lipinski definition) is 2. The number of nitrogens with one attached hydrogen (secondary N) is 1. The average molecular weight is 308 g/mol. The summed E-state index contributed by atoms with van der Waals surface area (Å²) in [6.07, 6.45) is 4.11. The Morgan fingerprint density at radius 1 is 1.14 bits per heavy atom. The number of imide groups is 1. The molecule has 1 atom stereocenters. The highest BCUT2D eigenvalue weighted by Crippen LogP contribution is 2.48. The predicted octanol–water partition coefficient (Wildman–Crippen LogP) is 4.06. The van der Waals surface area contributed by atoms with Crippen molar-refractivity contribution in [3.05, 3.63) is 34.9 Å². The lowest BCUT2D eigenvalue weighted by Crippen LogP contribution is -2.50.